The summed E-state index contributed by atoms with van der Waals surface area (Å²) in [4.78, 5) is 6.91. The van der Waals surface area contributed by atoms with E-state index >= 15 is 0 Å². The van der Waals surface area contributed by atoms with Crippen molar-refractivity contribution in [3.8, 4) is 5.75 Å². The number of pyridine rings is 1. The molecular formula is C21H28N2O. The van der Waals surface area contributed by atoms with Crippen molar-refractivity contribution < 1.29 is 4.74 Å². The fraction of sp³-hybridized carbons (Fsp3) is 0.476. The standard InChI is InChI=1S/C21H28N2O/c1-3-13-23(14-11-17-6-5-12-22-16-17)19-9-10-20-18(15-19)7-4-8-21(20)24-2/h4-8,12,16,19H,3,9-11,13-15H2,1-2H3. The van der Waals surface area contributed by atoms with Gasteiger partial charge in [-0.15, -0.1) is 0 Å². The number of methoxy groups -OCH3 is 1. The Hall–Kier alpha value is -1.87. The molecule has 1 aromatic carbocycles. The second kappa shape index (κ2) is 8.29. The van der Waals surface area contributed by atoms with Crippen LogP contribution in [0.15, 0.2) is 42.7 Å². The van der Waals surface area contributed by atoms with E-state index in [1.54, 1.807) is 7.11 Å². The van der Waals surface area contributed by atoms with Crippen LogP contribution in [0.5, 0.6) is 5.75 Å². The molecule has 0 spiro atoms. The van der Waals surface area contributed by atoms with Gasteiger partial charge < -0.3 is 4.74 Å². The van der Waals surface area contributed by atoms with Gasteiger partial charge in [0.15, 0.2) is 0 Å². The summed E-state index contributed by atoms with van der Waals surface area (Å²) in [5, 5.41) is 0. The van der Waals surface area contributed by atoms with Crippen molar-refractivity contribution in [2.24, 2.45) is 0 Å². The van der Waals surface area contributed by atoms with Crippen molar-refractivity contribution in [2.45, 2.75) is 45.1 Å². The lowest BCUT2D eigenvalue weighted by Crippen LogP contribution is -2.41. The van der Waals surface area contributed by atoms with E-state index in [0.717, 1.165) is 31.6 Å². The molecule has 0 saturated heterocycles. The van der Waals surface area contributed by atoms with E-state index in [1.165, 1.54) is 36.1 Å². The molecule has 3 nitrogen and oxygen atoms in total. The van der Waals surface area contributed by atoms with Crippen molar-refractivity contribution in [3.63, 3.8) is 0 Å². The molecule has 1 aliphatic rings. The Morgan fingerprint density at radius 1 is 1.21 bits per heavy atom. The Morgan fingerprint density at radius 2 is 2.12 bits per heavy atom. The van der Waals surface area contributed by atoms with Crippen LogP contribution in [-0.4, -0.2) is 36.1 Å². The molecule has 0 aliphatic heterocycles. The van der Waals surface area contributed by atoms with Crippen molar-refractivity contribution >= 4 is 0 Å². The zero-order valence-electron chi connectivity index (χ0n) is 14.9. The van der Waals surface area contributed by atoms with Crippen LogP contribution >= 0.6 is 0 Å². The van der Waals surface area contributed by atoms with Crippen molar-refractivity contribution in [3.05, 3.63) is 59.4 Å². The van der Waals surface area contributed by atoms with Crippen LogP contribution in [0.4, 0.5) is 0 Å². The summed E-state index contributed by atoms with van der Waals surface area (Å²) in [6.07, 6.45) is 9.60. The van der Waals surface area contributed by atoms with Crippen LogP contribution in [0, 0.1) is 0 Å². The van der Waals surface area contributed by atoms with Gasteiger partial charge in [-0.25, -0.2) is 0 Å². The average molecular weight is 324 g/mol. The Bertz CT molecular complexity index is 642. The molecule has 1 aromatic heterocycles. The van der Waals surface area contributed by atoms with E-state index in [-0.39, 0.29) is 0 Å². The molecule has 1 unspecified atom stereocenters. The van der Waals surface area contributed by atoms with Gasteiger partial charge in [-0.05, 0) is 67.5 Å². The number of fused-ring (bicyclic) bond motifs is 1. The summed E-state index contributed by atoms with van der Waals surface area (Å²) in [6, 6.07) is 11.3. The second-order valence-electron chi connectivity index (χ2n) is 6.64. The van der Waals surface area contributed by atoms with Gasteiger partial charge in [0.1, 0.15) is 5.75 Å². The monoisotopic (exact) mass is 324 g/mol. The average Bonchev–Trinajstić information content (AvgIpc) is 2.65. The van der Waals surface area contributed by atoms with E-state index in [0.29, 0.717) is 6.04 Å². The fourth-order valence-electron chi connectivity index (χ4n) is 3.84. The van der Waals surface area contributed by atoms with Gasteiger partial charge >= 0.3 is 0 Å². The van der Waals surface area contributed by atoms with Gasteiger partial charge in [0.25, 0.3) is 0 Å². The van der Waals surface area contributed by atoms with Crippen LogP contribution in [0.25, 0.3) is 0 Å². The first kappa shape index (κ1) is 17.0. The van der Waals surface area contributed by atoms with Crippen LogP contribution < -0.4 is 4.74 Å². The van der Waals surface area contributed by atoms with Crippen LogP contribution in [-0.2, 0) is 19.3 Å². The lowest BCUT2D eigenvalue weighted by molar-refractivity contribution is 0.181. The molecule has 3 rings (SSSR count). The molecule has 24 heavy (non-hydrogen) atoms. The number of hydrogen-bond acceptors (Lipinski definition) is 3. The smallest absolute Gasteiger partial charge is 0.122 e. The number of aromatic nitrogens is 1. The molecule has 128 valence electrons. The lowest BCUT2D eigenvalue weighted by atomic mass is 9.86. The fourth-order valence-corrected chi connectivity index (χ4v) is 3.84. The highest BCUT2D eigenvalue weighted by atomic mass is 16.5. The molecule has 2 aromatic rings. The molecule has 0 saturated carbocycles. The van der Waals surface area contributed by atoms with Crippen molar-refractivity contribution in [1.82, 2.24) is 9.88 Å². The molecule has 3 heteroatoms. The van der Waals surface area contributed by atoms with E-state index in [1.807, 2.05) is 18.5 Å². The maximum absolute atomic E-state index is 5.54. The van der Waals surface area contributed by atoms with E-state index in [9.17, 15) is 0 Å². The maximum atomic E-state index is 5.54. The normalized spacial score (nSPS) is 16.9. The molecule has 0 bridgehead atoms. The Labute approximate surface area is 145 Å². The van der Waals surface area contributed by atoms with E-state index in [2.05, 4.69) is 41.1 Å². The number of ether oxygens (including phenoxy) is 1. The number of hydrogen-bond donors (Lipinski definition) is 0. The second-order valence-corrected chi connectivity index (χ2v) is 6.64. The van der Waals surface area contributed by atoms with E-state index in [4.69, 9.17) is 4.74 Å². The van der Waals surface area contributed by atoms with E-state index < -0.39 is 0 Å². The minimum atomic E-state index is 0.640. The summed E-state index contributed by atoms with van der Waals surface area (Å²) < 4.78 is 5.54. The first-order chi connectivity index (χ1) is 11.8. The molecule has 1 heterocycles. The molecule has 0 N–H and O–H groups in total. The van der Waals surface area contributed by atoms with Gasteiger partial charge in [-0.3, -0.25) is 9.88 Å². The molecular weight excluding hydrogens is 296 g/mol. The lowest BCUT2D eigenvalue weighted by Gasteiger charge is -2.35. The van der Waals surface area contributed by atoms with Crippen LogP contribution in [0.2, 0.25) is 0 Å². The third-order valence-corrected chi connectivity index (χ3v) is 5.07. The maximum Gasteiger partial charge on any atom is 0.122 e. The Balaban J connectivity index is 1.68. The number of rotatable bonds is 7. The van der Waals surface area contributed by atoms with Crippen molar-refractivity contribution in [2.75, 3.05) is 20.2 Å². The van der Waals surface area contributed by atoms with Gasteiger partial charge in [0.2, 0.25) is 0 Å². The summed E-state index contributed by atoms with van der Waals surface area (Å²) in [5.74, 6) is 1.06. The highest BCUT2D eigenvalue weighted by molar-refractivity contribution is 5.42. The number of nitrogens with zero attached hydrogens (tertiary/aromatic N) is 2. The summed E-state index contributed by atoms with van der Waals surface area (Å²) >= 11 is 0. The molecule has 0 amide bonds. The van der Waals surface area contributed by atoms with Gasteiger partial charge in [0.05, 0.1) is 7.11 Å². The zero-order valence-corrected chi connectivity index (χ0v) is 14.9. The first-order valence-corrected chi connectivity index (χ1v) is 9.09. The Morgan fingerprint density at radius 3 is 2.88 bits per heavy atom. The van der Waals surface area contributed by atoms with Gasteiger partial charge in [-0.1, -0.05) is 25.1 Å². The highest BCUT2D eigenvalue weighted by Crippen LogP contribution is 2.31. The summed E-state index contributed by atoms with van der Waals surface area (Å²) in [7, 11) is 1.78. The highest BCUT2D eigenvalue weighted by Gasteiger charge is 2.25. The minimum Gasteiger partial charge on any atom is -0.496 e. The molecule has 1 atom stereocenters. The predicted octanol–water partition coefficient (Wildman–Crippen LogP) is 3.90. The quantitative estimate of drug-likeness (QED) is 0.772. The SMILES string of the molecule is CCCN(CCc1cccnc1)C1CCc2c(cccc2OC)C1. The van der Waals surface area contributed by atoms with Crippen LogP contribution in [0.1, 0.15) is 36.5 Å². The third kappa shape index (κ3) is 3.96. The van der Waals surface area contributed by atoms with Crippen molar-refractivity contribution in [1.29, 1.82) is 0 Å². The van der Waals surface area contributed by atoms with Crippen LogP contribution in [0.3, 0.4) is 0 Å². The minimum absolute atomic E-state index is 0.640. The predicted molar refractivity (Wildman–Crippen MR) is 98.6 cm³/mol. The largest absolute Gasteiger partial charge is 0.496 e. The summed E-state index contributed by atoms with van der Waals surface area (Å²) in [6.45, 7) is 4.56. The summed E-state index contributed by atoms with van der Waals surface area (Å²) in [5.41, 5.74) is 4.21. The third-order valence-electron chi connectivity index (χ3n) is 5.07. The number of benzene rings is 1. The zero-order chi connectivity index (χ0) is 16.8. The topological polar surface area (TPSA) is 25.4 Å². The molecule has 0 radical (unpaired) electrons. The first-order valence-electron chi connectivity index (χ1n) is 9.09. The van der Waals surface area contributed by atoms with Gasteiger partial charge in [-0.2, -0.15) is 0 Å². The molecule has 0 fully saturated rings. The Kier molecular flexibility index (Phi) is 5.86. The van der Waals surface area contributed by atoms with Gasteiger partial charge in [0, 0.05) is 25.0 Å². The molecule has 1 aliphatic carbocycles.